The molecule has 4 N–H and O–H groups in total. The van der Waals surface area contributed by atoms with Gasteiger partial charge in [-0.25, -0.2) is 0 Å². The Hall–Kier alpha value is -2.05. The van der Waals surface area contributed by atoms with Gasteiger partial charge in [-0.05, 0) is 18.6 Å². The van der Waals surface area contributed by atoms with Crippen LogP contribution in [-0.2, 0) is 11.2 Å². The van der Waals surface area contributed by atoms with Gasteiger partial charge in [0.1, 0.15) is 24.2 Å². The van der Waals surface area contributed by atoms with E-state index in [2.05, 4.69) is 17.2 Å². The fraction of sp³-hybridized carbons (Fsp3) is 0.400. The van der Waals surface area contributed by atoms with E-state index in [4.69, 9.17) is 4.74 Å². The van der Waals surface area contributed by atoms with Crippen LogP contribution in [0.1, 0.15) is 12.0 Å². The molecular formula is C15H20N2O4. The summed E-state index contributed by atoms with van der Waals surface area (Å²) in [6.07, 6.45) is 1.94. The van der Waals surface area contributed by atoms with E-state index in [0.29, 0.717) is 37.4 Å². The van der Waals surface area contributed by atoms with Crippen LogP contribution >= 0.6 is 0 Å². The summed E-state index contributed by atoms with van der Waals surface area (Å²) in [7, 11) is 0. The quantitative estimate of drug-likeness (QED) is 0.339. The summed E-state index contributed by atoms with van der Waals surface area (Å²) in [6, 6.07) is 3.12. The lowest BCUT2D eigenvalue weighted by molar-refractivity contribution is -0.116. The molecule has 2 rings (SSSR count). The first kappa shape index (κ1) is 15.3. The second-order valence-corrected chi connectivity index (χ2v) is 4.90. The van der Waals surface area contributed by atoms with Crippen LogP contribution in [0, 0.1) is 0 Å². The number of aliphatic hydroxyl groups excluding tert-OH is 1. The second kappa shape index (κ2) is 7.10. The molecule has 1 aliphatic heterocycles. The van der Waals surface area contributed by atoms with E-state index in [9.17, 15) is 15.0 Å². The number of phenols is 1. The fourth-order valence-corrected chi connectivity index (χ4v) is 2.18. The minimum absolute atomic E-state index is 0.0265. The molecule has 1 amide bonds. The average Bonchev–Trinajstić information content (AvgIpc) is 2.47. The Bertz CT molecular complexity index is 531. The zero-order chi connectivity index (χ0) is 15.2. The van der Waals surface area contributed by atoms with Gasteiger partial charge >= 0.3 is 0 Å². The van der Waals surface area contributed by atoms with Crippen LogP contribution < -0.4 is 15.4 Å². The number of carbonyl (C=O) groups is 1. The minimum Gasteiger partial charge on any atom is -0.506 e. The van der Waals surface area contributed by atoms with Crippen LogP contribution in [0.2, 0.25) is 0 Å². The zero-order valence-electron chi connectivity index (χ0n) is 11.8. The van der Waals surface area contributed by atoms with Crippen molar-refractivity contribution in [2.45, 2.75) is 18.9 Å². The van der Waals surface area contributed by atoms with Gasteiger partial charge < -0.3 is 25.6 Å². The summed E-state index contributed by atoms with van der Waals surface area (Å²) in [5, 5.41) is 25.2. The van der Waals surface area contributed by atoms with E-state index in [-0.39, 0.29) is 18.3 Å². The Labute approximate surface area is 123 Å². The lowest BCUT2D eigenvalue weighted by atomic mass is 10.0. The first-order chi connectivity index (χ1) is 10.1. The molecule has 1 aliphatic rings. The normalized spacial score (nSPS) is 15.0. The highest BCUT2D eigenvalue weighted by molar-refractivity contribution is 5.96. The standard InChI is InChI=1S/C15H20N2O4/c1-2-7-16-8-10(18)9-21-13-5-4-12(19)15-11(13)3-6-14(20)17-15/h2,4-5,10,16,18-19H,1,3,6-9H2,(H,17,20). The van der Waals surface area contributed by atoms with Gasteiger partial charge in [0.2, 0.25) is 5.91 Å². The minimum atomic E-state index is -0.646. The topological polar surface area (TPSA) is 90.8 Å². The number of aromatic hydroxyl groups is 1. The van der Waals surface area contributed by atoms with Crippen molar-refractivity contribution in [2.24, 2.45) is 0 Å². The summed E-state index contributed by atoms with van der Waals surface area (Å²) in [5.41, 5.74) is 1.17. The van der Waals surface area contributed by atoms with Gasteiger partial charge in [0, 0.05) is 25.1 Å². The fourth-order valence-electron chi connectivity index (χ4n) is 2.18. The molecule has 0 spiro atoms. The monoisotopic (exact) mass is 292 g/mol. The number of aliphatic hydroxyl groups is 1. The number of anilines is 1. The van der Waals surface area contributed by atoms with Crippen molar-refractivity contribution in [1.29, 1.82) is 0 Å². The molecule has 0 aliphatic carbocycles. The summed E-state index contributed by atoms with van der Waals surface area (Å²) in [4.78, 5) is 11.4. The molecule has 0 aromatic heterocycles. The number of carbonyl (C=O) groups excluding carboxylic acids is 1. The SMILES string of the molecule is C=CCNCC(O)COc1ccc(O)c2c1CCC(=O)N2. The van der Waals surface area contributed by atoms with Crippen molar-refractivity contribution in [1.82, 2.24) is 5.32 Å². The third-order valence-corrected chi connectivity index (χ3v) is 3.21. The molecule has 1 atom stereocenters. The molecule has 1 aromatic carbocycles. The number of nitrogens with one attached hydrogen (secondary N) is 2. The van der Waals surface area contributed by atoms with Crippen molar-refractivity contribution < 1.29 is 19.7 Å². The smallest absolute Gasteiger partial charge is 0.224 e. The first-order valence-electron chi connectivity index (χ1n) is 6.89. The van der Waals surface area contributed by atoms with Gasteiger partial charge in [-0.15, -0.1) is 6.58 Å². The molecule has 0 saturated carbocycles. The van der Waals surface area contributed by atoms with Gasteiger partial charge in [0.05, 0.1) is 5.69 Å². The van der Waals surface area contributed by atoms with E-state index in [0.717, 1.165) is 5.56 Å². The Morgan fingerprint density at radius 3 is 3.05 bits per heavy atom. The molecule has 0 fully saturated rings. The number of amides is 1. The lowest BCUT2D eigenvalue weighted by Gasteiger charge is -2.22. The number of hydrogen-bond acceptors (Lipinski definition) is 5. The summed E-state index contributed by atoms with van der Waals surface area (Å²) < 4.78 is 5.61. The number of ether oxygens (including phenoxy) is 1. The van der Waals surface area contributed by atoms with E-state index in [1.165, 1.54) is 6.07 Å². The molecule has 21 heavy (non-hydrogen) atoms. The molecule has 0 saturated heterocycles. The van der Waals surface area contributed by atoms with Crippen LogP contribution in [0.3, 0.4) is 0 Å². The summed E-state index contributed by atoms with van der Waals surface area (Å²) >= 11 is 0. The van der Waals surface area contributed by atoms with Crippen molar-refractivity contribution in [3.63, 3.8) is 0 Å². The first-order valence-corrected chi connectivity index (χ1v) is 6.89. The Morgan fingerprint density at radius 1 is 1.48 bits per heavy atom. The summed E-state index contributed by atoms with van der Waals surface area (Å²) in [5.74, 6) is 0.479. The third kappa shape index (κ3) is 3.96. The Balaban J connectivity index is 1.99. The van der Waals surface area contributed by atoms with Crippen molar-refractivity contribution in [3.8, 4) is 11.5 Å². The van der Waals surface area contributed by atoms with Gasteiger partial charge in [-0.2, -0.15) is 0 Å². The number of rotatable bonds is 7. The van der Waals surface area contributed by atoms with Gasteiger partial charge in [-0.1, -0.05) is 6.08 Å². The maximum atomic E-state index is 11.4. The average molecular weight is 292 g/mol. The predicted octanol–water partition coefficient (Wildman–Crippen LogP) is 0.792. The van der Waals surface area contributed by atoms with Crippen molar-refractivity contribution in [3.05, 3.63) is 30.4 Å². The highest BCUT2D eigenvalue weighted by atomic mass is 16.5. The van der Waals surface area contributed by atoms with E-state index < -0.39 is 6.10 Å². The number of fused-ring (bicyclic) bond motifs is 1. The zero-order valence-corrected chi connectivity index (χ0v) is 11.8. The van der Waals surface area contributed by atoms with E-state index in [1.807, 2.05) is 0 Å². The predicted molar refractivity (Wildman–Crippen MR) is 79.6 cm³/mol. The van der Waals surface area contributed by atoms with Crippen LogP contribution in [-0.4, -0.2) is 41.9 Å². The van der Waals surface area contributed by atoms with Crippen molar-refractivity contribution >= 4 is 11.6 Å². The molecule has 1 aromatic rings. The number of hydrogen-bond donors (Lipinski definition) is 4. The molecule has 0 radical (unpaired) electrons. The van der Waals surface area contributed by atoms with Crippen LogP contribution in [0.15, 0.2) is 24.8 Å². The van der Waals surface area contributed by atoms with E-state index in [1.54, 1.807) is 12.1 Å². The van der Waals surface area contributed by atoms with Crippen LogP contribution in [0.4, 0.5) is 5.69 Å². The number of phenolic OH excluding ortho intramolecular Hbond substituents is 1. The Kier molecular flexibility index (Phi) is 5.19. The maximum absolute atomic E-state index is 11.4. The third-order valence-electron chi connectivity index (χ3n) is 3.21. The molecular weight excluding hydrogens is 272 g/mol. The number of benzene rings is 1. The molecule has 6 heteroatoms. The molecule has 0 bridgehead atoms. The van der Waals surface area contributed by atoms with Crippen LogP contribution in [0.25, 0.3) is 0 Å². The highest BCUT2D eigenvalue weighted by Crippen LogP contribution is 2.37. The molecule has 6 nitrogen and oxygen atoms in total. The van der Waals surface area contributed by atoms with Gasteiger partial charge in [0.15, 0.2) is 0 Å². The summed E-state index contributed by atoms with van der Waals surface area (Å²) in [6.45, 7) is 4.74. The molecule has 114 valence electrons. The van der Waals surface area contributed by atoms with E-state index >= 15 is 0 Å². The Morgan fingerprint density at radius 2 is 2.29 bits per heavy atom. The van der Waals surface area contributed by atoms with Gasteiger partial charge in [-0.3, -0.25) is 4.79 Å². The lowest BCUT2D eigenvalue weighted by Crippen LogP contribution is -2.31. The second-order valence-electron chi connectivity index (χ2n) is 4.90. The molecule has 1 heterocycles. The van der Waals surface area contributed by atoms with Gasteiger partial charge in [0.25, 0.3) is 0 Å². The largest absolute Gasteiger partial charge is 0.506 e. The molecule has 1 unspecified atom stereocenters. The highest BCUT2D eigenvalue weighted by Gasteiger charge is 2.22. The maximum Gasteiger partial charge on any atom is 0.224 e. The van der Waals surface area contributed by atoms with Crippen LogP contribution in [0.5, 0.6) is 11.5 Å². The van der Waals surface area contributed by atoms with Crippen molar-refractivity contribution in [2.75, 3.05) is 25.0 Å².